The van der Waals surface area contributed by atoms with Crippen molar-refractivity contribution >= 4 is 12.4 Å². The molecule has 1 amide bonds. The van der Waals surface area contributed by atoms with E-state index in [1.165, 1.54) is 0 Å². The average molecular weight is 354 g/mol. The highest BCUT2D eigenvalue weighted by molar-refractivity contribution is 5.75. The van der Waals surface area contributed by atoms with E-state index in [4.69, 9.17) is 19.2 Å². The summed E-state index contributed by atoms with van der Waals surface area (Å²) in [5.74, 6) is 1.12. The summed E-state index contributed by atoms with van der Waals surface area (Å²) in [6, 6.07) is 0. The predicted octanol–water partition coefficient (Wildman–Crippen LogP) is -0.718. The second-order valence-corrected chi connectivity index (χ2v) is 5.06. The Kier molecular flexibility index (Phi) is 6.83. The monoisotopic (exact) mass is 354 g/mol. The van der Waals surface area contributed by atoms with Crippen LogP contribution in [0.4, 0.5) is 0 Å². The maximum absolute atomic E-state index is 11.7. The molecule has 1 unspecified atom stereocenters. The molecule has 1 aliphatic heterocycles. The van der Waals surface area contributed by atoms with E-state index in [9.17, 15) is 9.59 Å². The fourth-order valence-electron chi connectivity index (χ4n) is 2.16. The summed E-state index contributed by atoms with van der Waals surface area (Å²) in [4.78, 5) is 37.6. The van der Waals surface area contributed by atoms with Crippen LogP contribution in [0.25, 0.3) is 0 Å². The summed E-state index contributed by atoms with van der Waals surface area (Å²) in [5.41, 5.74) is -0.385. The van der Waals surface area contributed by atoms with E-state index in [0.717, 1.165) is 12.8 Å². The molecular formula is C13H18N6O6. The van der Waals surface area contributed by atoms with Crippen molar-refractivity contribution in [2.45, 2.75) is 38.3 Å². The Labute approximate surface area is 141 Å². The molecule has 136 valence electrons. The first-order chi connectivity index (χ1) is 12.1. The molecule has 1 fully saturated rings. The lowest BCUT2D eigenvalue weighted by atomic mass is 10.2. The third kappa shape index (κ3) is 5.84. The molecular weight excluding hydrogens is 336 g/mol. The summed E-state index contributed by atoms with van der Waals surface area (Å²) >= 11 is 0. The Balaban J connectivity index is 0.000000701. The van der Waals surface area contributed by atoms with Gasteiger partial charge in [0.15, 0.2) is 5.82 Å². The number of nitrogens with zero attached hydrogens (tertiary/aromatic N) is 3. The van der Waals surface area contributed by atoms with Crippen LogP contribution in [-0.2, 0) is 27.3 Å². The summed E-state index contributed by atoms with van der Waals surface area (Å²) in [7, 11) is 0. The minimum absolute atomic E-state index is 0.131. The summed E-state index contributed by atoms with van der Waals surface area (Å²) in [6.45, 7) is 0.639. The van der Waals surface area contributed by atoms with Crippen LogP contribution in [-0.4, -0.2) is 49.4 Å². The molecule has 12 nitrogen and oxygen atoms in total. The van der Waals surface area contributed by atoms with Gasteiger partial charge < -0.3 is 19.7 Å². The van der Waals surface area contributed by atoms with Gasteiger partial charge in [0, 0.05) is 19.4 Å². The lowest BCUT2D eigenvalue weighted by molar-refractivity contribution is -0.123. The molecule has 4 N–H and O–H groups in total. The Morgan fingerprint density at radius 2 is 2.28 bits per heavy atom. The van der Waals surface area contributed by atoms with Crippen molar-refractivity contribution in [2.75, 3.05) is 6.61 Å². The molecule has 0 aromatic carbocycles. The van der Waals surface area contributed by atoms with Gasteiger partial charge >= 0.3 is 5.69 Å². The zero-order valence-electron chi connectivity index (χ0n) is 13.2. The van der Waals surface area contributed by atoms with Crippen LogP contribution < -0.4 is 11.0 Å². The summed E-state index contributed by atoms with van der Waals surface area (Å²) in [5, 5.41) is 19.4. The number of aromatic nitrogens is 5. The van der Waals surface area contributed by atoms with Gasteiger partial charge in [0.2, 0.25) is 5.91 Å². The number of hydrogen-bond donors (Lipinski definition) is 4. The number of nitrogens with one attached hydrogen (secondary N) is 3. The number of H-pyrrole nitrogens is 2. The van der Waals surface area contributed by atoms with Gasteiger partial charge in [0.05, 0.1) is 6.54 Å². The minimum Gasteiger partial charge on any atom is -0.483 e. The standard InChI is InChI=1S/C12H16N6O4.CH2O2/c19-10(4-3-8-15-12(20)17-16-8)13-6-9-14-11(22-18-9)7-2-1-5-21-7;2-1-3/h7H,1-6H2,(H,13,19)(H2,15,16,17,20);1H,(H,2,3). The largest absolute Gasteiger partial charge is 0.483 e. The van der Waals surface area contributed by atoms with Crippen molar-refractivity contribution in [2.24, 2.45) is 0 Å². The number of hydrogen-bond acceptors (Lipinski definition) is 8. The summed E-state index contributed by atoms with van der Waals surface area (Å²) in [6.07, 6.45) is 2.27. The minimum atomic E-state index is -0.385. The fraction of sp³-hybridized carbons (Fsp3) is 0.538. The predicted molar refractivity (Wildman–Crippen MR) is 80.3 cm³/mol. The Morgan fingerprint density at radius 3 is 2.92 bits per heavy atom. The van der Waals surface area contributed by atoms with Gasteiger partial charge in [-0.3, -0.25) is 14.6 Å². The van der Waals surface area contributed by atoms with E-state index < -0.39 is 0 Å². The van der Waals surface area contributed by atoms with Crippen molar-refractivity contribution < 1.29 is 24.0 Å². The van der Waals surface area contributed by atoms with E-state index in [2.05, 4.69) is 30.6 Å². The molecule has 0 saturated carbocycles. The van der Waals surface area contributed by atoms with Crippen molar-refractivity contribution in [3.05, 3.63) is 28.0 Å². The van der Waals surface area contributed by atoms with Crippen molar-refractivity contribution in [1.82, 2.24) is 30.6 Å². The molecule has 1 saturated heterocycles. The molecule has 12 heteroatoms. The van der Waals surface area contributed by atoms with E-state index in [1.54, 1.807) is 0 Å². The molecule has 0 radical (unpaired) electrons. The van der Waals surface area contributed by atoms with Gasteiger partial charge in [-0.25, -0.2) is 9.89 Å². The van der Waals surface area contributed by atoms with Crippen LogP contribution in [0.5, 0.6) is 0 Å². The first kappa shape index (κ1) is 18.3. The maximum atomic E-state index is 11.7. The molecule has 2 aromatic heterocycles. The molecule has 0 spiro atoms. The van der Waals surface area contributed by atoms with E-state index in [1.807, 2.05) is 0 Å². The number of rotatable bonds is 6. The van der Waals surface area contributed by atoms with Crippen LogP contribution in [0.2, 0.25) is 0 Å². The fourth-order valence-corrected chi connectivity index (χ4v) is 2.16. The van der Waals surface area contributed by atoms with Crippen molar-refractivity contribution in [3.63, 3.8) is 0 Å². The number of amides is 1. The van der Waals surface area contributed by atoms with Gasteiger partial charge in [-0.05, 0) is 12.8 Å². The Morgan fingerprint density at radius 1 is 1.48 bits per heavy atom. The summed E-state index contributed by atoms with van der Waals surface area (Å²) < 4.78 is 10.6. The molecule has 3 rings (SSSR count). The second kappa shape index (κ2) is 9.32. The van der Waals surface area contributed by atoms with Gasteiger partial charge in [-0.15, -0.1) is 0 Å². The highest BCUT2D eigenvalue weighted by atomic mass is 16.5. The maximum Gasteiger partial charge on any atom is 0.340 e. The van der Waals surface area contributed by atoms with Gasteiger partial charge in [-0.1, -0.05) is 5.16 Å². The van der Waals surface area contributed by atoms with Crippen molar-refractivity contribution in [3.8, 4) is 0 Å². The van der Waals surface area contributed by atoms with Crippen LogP contribution in [0.1, 0.15) is 42.9 Å². The molecule has 3 heterocycles. The molecule has 0 bridgehead atoms. The first-order valence-electron chi connectivity index (χ1n) is 7.54. The number of carbonyl (C=O) groups is 2. The second-order valence-electron chi connectivity index (χ2n) is 5.06. The molecule has 0 aliphatic carbocycles. The van der Waals surface area contributed by atoms with Crippen LogP contribution in [0.15, 0.2) is 9.32 Å². The SMILES string of the molecule is O=C(CCc1n[nH]c(=O)[nH]1)NCc1noc(C2CCCO2)n1.O=CO. The van der Waals surface area contributed by atoms with Crippen LogP contribution >= 0.6 is 0 Å². The number of ether oxygens (including phenoxy) is 1. The highest BCUT2D eigenvalue weighted by Gasteiger charge is 2.23. The molecule has 1 atom stereocenters. The van der Waals surface area contributed by atoms with Crippen molar-refractivity contribution in [1.29, 1.82) is 0 Å². The van der Waals surface area contributed by atoms with E-state index in [0.29, 0.717) is 30.6 Å². The zero-order chi connectivity index (χ0) is 18.1. The lowest BCUT2D eigenvalue weighted by Gasteiger charge is -2.01. The van der Waals surface area contributed by atoms with Gasteiger partial charge in [-0.2, -0.15) is 10.1 Å². The van der Waals surface area contributed by atoms with E-state index in [-0.39, 0.29) is 37.1 Å². The normalized spacial score (nSPS) is 16.1. The number of aryl methyl sites for hydroxylation is 1. The van der Waals surface area contributed by atoms with Gasteiger partial charge in [0.1, 0.15) is 11.9 Å². The highest BCUT2D eigenvalue weighted by Crippen LogP contribution is 2.26. The topological polar surface area (TPSA) is 176 Å². The number of aromatic amines is 2. The average Bonchev–Trinajstić information content (AvgIpc) is 3.33. The molecule has 25 heavy (non-hydrogen) atoms. The quantitative estimate of drug-likeness (QED) is 0.488. The Hall–Kier alpha value is -3.02. The lowest BCUT2D eigenvalue weighted by Crippen LogP contribution is -2.23. The first-order valence-corrected chi connectivity index (χ1v) is 7.54. The molecule has 1 aliphatic rings. The van der Waals surface area contributed by atoms with E-state index >= 15 is 0 Å². The van der Waals surface area contributed by atoms with Crippen LogP contribution in [0.3, 0.4) is 0 Å². The van der Waals surface area contributed by atoms with Gasteiger partial charge in [0.25, 0.3) is 12.4 Å². The van der Waals surface area contributed by atoms with Crippen LogP contribution in [0, 0.1) is 0 Å². The number of carbonyl (C=O) groups excluding carboxylic acids is 1. The Bertz CT molecular complexity index is 731. The number of carboxylic acid groups (broad SMARTS) is 1. The third-order valence-corrected chi connectivity index (χ3v) is 3.27. The smallest absolute Gasteiger partial charge is 0.340 e. The zero-order valence-corrected chi connectivity index (χ0v) is 13.2. The third-order valence-electron chi connectivity index (χ3n) is 3.27. The molecule has 2 aromatic rings.